The van der Waals surface area contributed by atoms with Gasteiger partial charge in [0, 0.05) is 36.3 Å². The highest BCUT2D eigenvalue weighted by Crippen LogP contribution is 2.31. The van der Waals surface area contributed by atoms with Gasteiger partial charge in [-0.05, 0) is 49.1 Å². The van der Waals surface area contributed by atoms with Gasteiger partial charge in [-0.2, -0.15) is 0 Å². The zero-order chi connectivity index (χ0) is 19.2. The summed E-state index contributed by atoms with van der Waals surface area (Å²) in [5, 5.41) is 14.3. The van der Waals surface area contributed by atoms with Crippen LogP contribution in [0.2, 0.25) is 5.02 Å². The van der Waals surface area contributed by atoms with Gasteiger partial charge in [0.2, 0.25) is 5.91 Å². The number of anilines is 2. The number of benzene rings is 2. The van der Waals surface area contributed by atoms with Crippen molar-refractivity contribution in [2.24, 2.45) is 0 Å². The Morgan fingerprint density at radius 2 is 1.93 bits per heavy atom. The second kappa shape index (κ2) is 8.68. The summed E-state index contributed by atoms with van der Waals surface area (Å²) in [6, 6.07) is 11.6. The molecule has 0 radical (unpaired) electrons. The van der Waals surface area contributed by atoms with Crippen molar-refractivity contribution in [2.45, 2.75) is 19.3 Å². The van der Waals surface area contributed by atoms with E-state index in [-0.39, 0.29) is 11.6 Å². The number of rotatable bonds is 5. The predicted octanol–water partition coefficient (Wildman–Crippen LogP) is 4.89. The van der Waals surface area contributed by atoms with Crippen LogP contribution in [-0.2, 0) is 4.79 Å². The van der Waals surface area contributed by atoms with Gasteiger partial charge in [0.15, 0.2) is 0 Å². The molecule has 6 nitrogen and oxygen atoms in total. The summed E-state index contributed by atoms with van der Waals surface area (Å²) in [6.07, 6.45) is 6.39. The molecular formula is C20H20ClN3O3. The van der Waals surface area contributed by atoms with Crippen LogP contribution >= 0.6 is 11.6 Å². The fraction of sp³-hybridized carbons (Fsp3) is 0.250. The van der Waals surface area contributed by atoms with Crippen LogP contribution in [0.4, 0.5) is 17.1 Å². The Morgan fingerprint density at radius 1 is 1.15 bits per heavy atom. The number of nitrogens with zero attached hydrogens (tertiary/aromatic N) is 2. The van der Waals surface area contributed by atoms with Crippen LogP contribution in [0.25, 0.3) is 6.08 Å². The Hall–Kier alpha value is -2.86. The SMILES string of the molecule is O=C(/C=C/c1cccc([N+](=O)[O-])c1)Nc1cc(Cl)ccc1N1CCCCC1. The number of non-ortho nitro benzene ring substituents is 1. The number of amides is 1. The molecular weight excluding hydrogens is 366 g/mol. The van der Waals surface area contributed by atoms with Gasteiger partial charge < -0.3 is 10.2 Å². The molecule has 1 aliphatic heterocycles. The molecule has 0 saturated carbocycles. The lowest BCUT2D eigenvalue weighted by atomic mass is 10.1. The highest BCUT2D eigenvalue weighted by molar-refractivity contribution is 6.31. The first-order chi connectivity index (χ1) is 13.0. The molecule has 1 aliphatic rings. The summed E-state index contributed by atoms with van der Waals surface area (Å²) in [6.45, 7) is 1.90. The monoisotopic (exact) mass is 385 g/mol. The summed E-state index contributed by atoms with van der Waals surface area (Å²) in [7, 11) is 0. The van der Waals surface area contributed by atoms with E-state index in [1.54, 1.807) is 24.3 Å². The van der Waals surface area contributed by atoms with E-state index in [9.17, 15) is 14.9 Å². The molecule has 1 amide bonds. The Morgan fingerprint density at radius 3 is 2.67 bits per heavy atom. The topological polar surface area (TPSA) is 75.5 Å². The van der Waals surface area contributed by atoms with Crippen molar-refractivity contribution >= 4 is 40.6 Å². The maximum absolute atomic E-state index is 12.4. The molecule has 0 aliphatic carbocycles. The van der Waals surface area contributed by atoms with E-state index < -0.39 is 4.92 Å². The van der Waals surface area contributed by atoms with Crippen molar-refractivity contribution in [3.63, 3.8) is 0 Å². The lowest BCUT2D eigenvalue weighted by molar-refractivity contribution is -0.384. The lowest BCUT2D eigenvalue weighted by Gasteiger charge is -2.30. The minimum absolute atomic E-state index is 0.0141. The molecule has 3 rings (SSSR count). The van der Waals surface area contributed by atoms with E-state index in [0.717, 1.165) is 31.6 Å². The van der Waals surface area contributed by atoms with Crippen LogP contribution in [0.3, 0.4) is 0 Å². The maximum atomic E-state index is 12.4. The summed E-state index contributed by atoms with van der Waals surface area (Å²) in [5.41, 5.74) is 2.19. The number of piperidine rings is 1. The van der Waals surface area contributed by atoms with Gasteiger partial charge in [-0.3, -0.25) is 14.9 Å². The third kappa shape index (κ3) is 5.08. The van der Waals surface area contributed by atoms with E-state index in [4.69, 9.17) is 11.6 Å². The minimum atomic E-state index is -0.464. The second-order valence-corrected chi connectivity index (χ2v) is 6.82. The first-order valence-corrected chi connectivity index (χ1v) is 9.19. The number of carbonyl (C=O) groups excluding carboxylic acids is 1. The molecule has 1 fully saturated rings. The largest absolute Gasteiger partial charge is 0.370 e. The van der Waals surface area contributed by atoms with Crippen molar-refractivity contribution in [1.29, 1.82) is 0 Å². The molecule has 0 spiro atoms. The highest BCUT2D eigenvalue weighted by atomic mass is 35.5. The second-order valence-electron chi connectivity index (χ2n) is 6.38. The normalized spacial score (nSPS) is 14.3. The molecule has 7 heteroatoms. The van der Waals surface area contributed by atoms with Gasteiger partial charge in [0.25, 0.3) is 5.69 Å². The third-order valence-corrected chi connectivity index (χ3v) is 4.66. The van der Waals surface area contributed by atoms with Crippen molar-refractivity contribution in [2.75, 3.05) is 23.3 Å². The molecule has 140 valence electrons. The van der Waals surface area contributed by atoms with E-state index >= 15 is 0 Å². The summed E-state index contributed by atoms with van der Waals surface area (Å²) in [5.74, 6) is -0.318. The van der Waals surface area contributed by atoms with Crippen molar-refractivity contribution in [1.82, 2.24) is 0 Å². The van der Waals surface area contributed by atoms with Crippen LogP contribution in [0.5, 0.6) is 0 Å². The Balaban J connectivity index is 1.74. The highest BCUT2D eigenvalue weighted by Gasteiger charge is 2.15. The van der Waals surface area contributed by atoms with Gasteiger partial charge in [-0.15, -0.1) is 0 Å². The number of halogens is 1. The van der Waals surface area contributed by atoms with Crippen molar-refractivity contribution < 1.29 is 9.72 Å². The molecule has 0 aromatic heterocycles. The smallest absolute Gasteiger partial charge is 0.270 e. The quantitative estimate of drug-likeness (QED) is 0.451. The van der Waals surface area contributed by atoms with E-state index in [0.29, 0.717) is 16.3 Å². The standard InChI is InChI=1S/C20H20ClN3O3/c21-16-8-9-19(23-11-2-1-3-12-23)18(14-16)22-20(25)10-7-15-5-4-6-17(13-15)24(26)27/h4-10,13-14H,1-3,11-12H2,(H,22,25)/b10-7+. The molecule has 1 heterocycles. The number of hydrogen-bond donors (Lipinski definition) is 1. The average Bonchev–Trinajstić information content (AvgIpc) is 2.67. The molecule has 2 aromatic rings. The first kappa shape index (κ1) is 18.9. The molecule has 1 N–H and O–H groups in total. The zero-order valence-electron chi connectivity index (χ0n) is 14.7. The maximum Gasteiger partial charge on any atom is 0.270 e. The van der Waals surface area contributed by atoms with Gasteiger partial charge in [-0.1, -0.05) is 23.7 Å². The third-order valence-electron chi connectivity index (χ3n) is 4.42. The van der Waals surface area contributed by atoms with Crippen LogP contribution in [0, 0.1) is 10.1 Å². The van der Waals surface area contributed by atoms with E-state index in [1.807, 2.05) is 12.1 Å². The molecule has 0 bridgehead atoms. The number of nitro groups is 1. The van der Waals surface area contributed by atoms with Gasteiger partial charge >= 0.3 is 0 Å². The van der Waals surface area contributed by atoms with Crippen molar-refractivity contribution in [3.8, 4) is 0 Å². The van der Waals surface area contributed by atoms with Gasteiger partial charge in [0.1, 0.15) is 0 Å². The number of nitrogens with one attached hydrogen (secondary N) is 1. The molecule has 1 saturated heterocycles. The lowest BCUT2D eigenvalue weighted by Crippen LogP contribution is -2.30. The van der Waals surface area contributed by atoms with E-state index in [2.05, 4.69) is 10.2 Å². The Bertz CT molecular complexity index is 877. The number of hydrogen-bond acceptors (Lipinski definition) is 4. The number of nitro benzene ring substituents is 1. The molecule has 0 unspecified atom stereocenters. The van der Waals surface area contributed by atoms with Crippen LogP contribution in [0.15, 0.2) is 48.5 Å². The van der Waals surface area contributed by atoms with Gasteiger partial charge in [-0.25, -0.2) is 0 Å². The van der Waals surface area contributed by atoms with Gasteiger partial charge in [0.05, 0.1) is 16.3 Å². The van der Waals surface area contributed by atoms with Crippen LogP contribution in [0.1, 0.15) is 24.8 Å². The summed E-state index contributed by atoms with van der Waals surface area (Å²) < 4.78 is 0. The fourth-order valence-electron chi connectivity index (χ4n) is 3.11. The first-order valence-electron chi connectivity index (χ1n) is 8.81. The zero-order valence-corrected chi connectivity index (χ0v) is 15.5. The Labute approximate surface area is 162 Å². The molecule has 27 heavy (non-hydrogen) atoms. The van der Waals surface area contributed by atoms with Crippen LogP contribution < -0.4 is 10.2 Å². The number of carbonyl (C=O) groups is 1. The Kier molecular flexibility index (Phi) is 6.08. The average molecular weight is 386 g/mol. The summed E-state index contributed by atoms with van der Waals surface area (Å²) >= 11 is 6.11. The predicted molar refractivity (Wildman–Crippen MR) is 108 cm³/mol. The van der Waals surface area contributed by atoms with Crippen LogP contribution in [-0.4, -0.2) is 23.9 Å². The van der Waals surface area contributed by atoms with Crippen molar-refractivity contribution in [3.05, 3.63) is 69.2 Å². The molecule has 2 aromatic carbocycles. The molecule has 0 atom stereocenters. The summed E-state index contributed by atoms with van der Waals surface area (Å²) in [4.78, 5) is 25.0. The van der Waals surface area contributed by atoms with E-state index in [1.165, 1.54) is 24.6 Å². The fourth-order valence-corrected chi connectivity index (χ4v) is 3.28. The minimum Gasteiger partial charge on any atom is -0.370 e.